The second-order valence-electron chi connectivity index (χ2n) is 7.74. The van der Waals surface area contributed by atoms with Crippen LogP contribution in [0.1, 0.15) is 18.4 Å². The maximum Gasteiger partial charge on any atom is 0.266 e. The molecule has 3 N–H and O–H groups in total. The lowest BCUT2D eigenvalue weighted by molar-refractivity contribution is 0.242. The van der Waals surface area contributed by atoms with E-state index in [0.29, 0.717) is 18.6 Å². The van der Waals surface area contributed by atoms with Crippen molar-refractivity contribution < 1.29 is 26.3 Å². The number of allylic oxidation sites excluding steroid dienone is 1. The van der Waals surface area contributed by atoms with Crippen molar-refractivity contribution in [2.75, 3.05) is 11.3 Å². The summed E-state index contributed by atoms with van der Waals surface area (Å²) in [7, 11) is -4.45. The molecule has 0 bridgehead atoms. The summed E-state index contributed by atoms with van der Waals surface area (Å²) in [5.41, 5.74) is 7.85. The number of hydrogen-bond acceptors (Lipinski definition) is 6. The summed E-state index contributed by atoms with van der Waals surface area (Å²) >= 11 is 0. The third-order valence-electron chi connectivity index (χ3n) is 5.47. The average molecular weight is 491 g/mol. The van der Waals surface area contributed by atoms with Gasteiger partial charge in [-0.25, -0.2) is 31.6 Å². The number of sulfonamides is 1. The molecule has 0 saturated heterocycles. The van der Waals surface area contributed by atoms with Crippen LogP contribution >= 0.6 is 0 Å². The maximum absolute atomic E-state index is 14.7. The number of nitrogens with two attached hydrogens (primary N) is 1. The van der Waals surface area contributed by atoms with Crippen molar-refractivity contribution in [1.29, 1.82) is 0 Å². The number of ether oxygens (including phenoxy) is 1. The van der Waals surface area contributed by atoms with Gasteiger partial charge in [0.15, 0.2) is 11.6 Å². The predicted octanol–water partition coefficient (Wildman–Crippen LogP) is 3.89. The molecule has 0 amide bonds. The molecule has 1 aliphatic rings. The molecule has 178 valence electrons. The Morgan fingerprint density at radius 2 is 1.85 bits per heavy atom. The molecule has 2 atom stereocenters. The molecule has 3 aromatic rings. The number of aromatic nitrogens is 2. The molecule has 0 fully saturated rings. The van der Waals surface area contributed by atoms with Gasteiger partial charge in [0.05, 0.1) is 6.61 Å². The van der Waals surface area contributed by atoms with Gasteiger partial charge in [-0.05, 0) is 42.2 Å². The minimum atomic E-state index is -4.45. The van der Waals surface area contributed by atoms with Gasteiger partial charge in [0, 0.05) is 30.3 Å². The molecule has 0 radical (unpaired) electrons. The number of hydrogen-bond donors (Lipinski definition) is 2. The number of nitrogens with one attached hydrogen (secondary N) is 1. The maximum atomic E-state index is 14.7. The molecular formula is C23H21F3N4O3S. The second kappa shape index (κ2) is 9.82. The second-order valence-corrected chi connectivity index (χ2v) is 9.39. The summed E-state index contributed by atoms with van der Waals surface area (Å²) < 4.78 is 75.3. The van der Waals surface area contributed by atoms with Crippen LogP contribution in [-0.4, -0.2) is 31.0 Å². The molecule has 34 heavy (non-hydrogen) atoms. The minimum Gasteiger partial charge on any atom is -0.490 e. The molecule has 1 heterocycles. The first-order valence-corrected chi connectivity index (χ1v) is 11.8. The third kappa shape index (κ3) is 5.20. The van der Waals surface area contributed by atoms with Crippen LogP contribution in [0.25, 0.3) is 5.57 Å². The molecule has 0 spiro atoms. The molecule has 0 aliphatic heterocycles. The number of anilines is 1. The Morgan fingerprint density at radius 1 is 1.09 bits per heavy atom. The minimum absolute atomic E-state index is 0.0774. The Morgan fingerprint density at radius 3 is 2.56 bits per heavy atom. The molecule has 2 unspecified atom stereocenters. The van der Waals surface area contributed by atoms with Crippen LogP contribution in [0.3, 0.4) is 0 Å². The normalized spacial score (nSPS) is 18.3. The summed E-state index contributed by atoms with van der Waals surface area (Å²) in [5, 5.41) is 0. The van der Waals surface area contributed by atoms with E-state index in [2.05, 4.69) is 14.7 Å². The highest BCUT2D eigenvalue weighted by Crippen LogP contribution is 2.34. The van der Waals surface area contributed by atoms with E-state index in [0.717, 1.165) is 23.9 Å². The number of nitrogens with zero attached hydrogens (tertiary/aromatic N) is 2. The van der Waals surface area contributed by atoms with Gasteiger partial charge in [0.1, 0.15) is 28.7 Å². The van der Waals surface area contributed by atoms with Gasteiger partial charge >= 0.3 is 0 Å². The van der Waals surface area contributed by atoms with Gasteiger partial charge in [-0.1, -0.05) is 18.2 Å². The predicted molar refractivity (Wildman–Crippen MR) is 120 cm³/mol. The summed E-state index contributed by atoms with van der Waals surface area (Å²) in [6.07, 6.45) is 5.76. The first-order chi connectivity index (χ1) is 16.2. The van der Waals surface area contributed by atoms with E-state index in [1.54, 1.807) is 12.1 Å². The molecule has 4 rings (SSSR count). The topological polar surface area (TPSA) is 107 Å². The van der Waals surface area contributed by atoms with Crippen LogP contribution in [0.5, 0.6) is 5.75 Å². The van der Waals surface area contributed by atoms with Gasteiger partial charge in [-0.15, -0.1) is 0 Å². The fourth-order valence-corrected chi connectivity index (χ4v) is 4.83. The van der Waals surface area contributed by atoms with Crippen molar-refractivity contribution in [2.24, 2.45) is 11.7 Å². The largest absolute Gasteiger partial charge is 0.490 e. The Bertz CT molecular complexity index is 1300. The van der Waals surface area contributed by atoms with E-state index in [1.807, 2.05) is 6.08 Å². The van der Waals surface area contributed by atoms with Gasteiger partial charge in [0.2, 0.25) is 0 Å². The van der Waals surface area contributed by atoms with Crippen molar-refractivity contribution >= 4 is 21.4 Å². The van der Waals surface area contributed by atoms with E-state index < -0.39 is 32.3 Å². The zero-order valence-electron chi connectivity index (χ0n) is 17.8. The highest BCUT2D eigenvalue weighted by atomic mass is 32.2. The van der Waals surface area contributed by atoms with E-state index in [1.165, 1.54) is 24.4 Å². The van der Waals surface area contributed by atoms with Gasteiger partial charge in [-0.2, -0.15) is 0 Å². The summed E-state index contributed by atoms with van der Waals surface area (Å²) in [6.45, 7) is -0.0774. The van der Waals surface area contributed by atoms with Crippen LogP contribution in [0, 0.1) is 23.4 Å². The van der Waals surface area contributed by atoms with Crippen molar-refractivity contribution in [3.05, 3.63) is 84.1 Å². The third-order valence-corrected chi connectivity index (χ3v) is 6.84. The van der Waals surface area contributed by atoms with Crippen molar-refractivity contribution in [2.45, 2.75) is 23.8 Å². The first-order valence-electron chi connectivity index (χ1n) is 10.4. The number of rotatable bonds is 7. The highest BCUT2D eigenvalue weighted by molar-refractivity contribution is 7.92. The van der Waals surface area contributed by atoms with Crippen molar-refractivity contribution in [1.82, 2.24) is 9.97 Å². The Hall–Kier alpha value is -3.44. The van der Waals surface area contributed by atoms with E-state index in [4.69, 9.17) is 10.5 Å². The fraction of sp³-hybridized carbons (Fsp3) is 0.217. The quantitative estimate of drug-likeness (QED) is 0.520. The van der Waals surface area contributed by atoms with Crippen LogP contribution < -0.4 is 15.2 Å². The average Bonchev–Trinajstić information content (AvgIpc) is 2.81. The number of halogens is 3. The highest BCUT2D eigenvalue weighted by Gasteiger charge is 2.28. The molecule has 7 nitrogen and oxygen atoms in total. The van der Waals surface area contributed by atoms with Crippen LogP contribution in [0.15, 0.2) is 66.0 Å². The zero-order valence-corrected chi connectivity index (χ0v) is 18.6. The summed E-state index contributed by atoms with van der Waals surface area (Å²) in [6, 6.07) is 8.09. The Kier molecular flexibility index (Phi) is 6.85. The van der Waals surface area contributed by atoms with E-state index >= 15 is 0 Å². The molecule has 1 aromatic heterocycles. The standard InChI is InChI=1S/C23H21F3N4O3S/c24-15-6-4-14(5-7-15)16-2-1-3-20(27)17(16)12-33-21-10-19(26)22(11-18(21)25)34(31,32)30-23-8-9-28-13-29-23/h2,4-11,13,17,20H,1,3,12,27H2,(H,28,29,30). The Balaban J connectivity index is 1.54. The first kappa shape index (κ1) is 23.7. The van der Waals surface area contributed by atoms with Crippen LogP contribution in [0.2, 0.25) is 0 Å². The number of benzene rings is 2. The monoisotopic (exact) mass is 490 g/mol. The summed E-state index contributed by atoms with van der Waals surface area (Å²) in [4.78, 5) is 6.47. The molecule has 2 aromatic carbocycles. The van der Waals surface area contributed by atoms with Crippen molar-refractivity contribution in [3.8, 4) is 5.75 Å². The molecule has 0 saturated carbocycles. The molecule has 11 heteroatoms. The van der Waals surface area contributed by atoms with E-state index in [-0.39, 0.29) is 30.2 Å². The van der Waals surface area contributed by atoms with Gasteiger partial charge in [-0.3, -0.25) is 4.72 Å². The van der Waals surface area contributed by atoms with Crippen molar-refractivity contribution in [3.63, 3.8) is 0 Å². The SMILES string of the molecule is NC1CCC=C(c2ccc(F)cc2)C1COc1cc(F)c(S(=O)(=O)Nc2ccncn2)cc1F. The smallest absolute Gasteiger partial charge is 0.266 e. The van der Waals surface area contributed by atoms with Gasteiger partial charge in [0.25, 0.3) is 10.0 Å². The molecular weight excluding hydrogens is 469 g/mol. The van der Waals surface area contributed by atoms with Crippen LogP contribution in [0.4, 0.5) is 19.0 Å². The Labute approximate surface area is 194 Å². The lowest BCUT2D eigenvalue weighted by Gasteiger charge is -2.30. The van der Waals surface area contributed by atoms with Crippen LogP contribution in [-0.2, 0) is 10.0 Å². The van der Waals surface area contributed by atoms with Gasteiger partial charge < -0.3 is 10.5 Å². The lowest BCUT2D eigenvalue weighted by Crippen LogP contribution is -2.37. The molecule has 1 aliphatic carbocycles. The summed E-state index contributed by atoms with van der Waals surface area (Å²) in [5.74, 6) is -3.53. The van der Waals surface area contributed by atoms with E-state index in [9.17, 15) is 21.6 Å². The fourth-order valence-electron chi connectivity index (χ4n) is 3.75. The zero-order chi connectivity index (χ0) is 24.3. The lowest BCUT2D eigenvalue weighted by atomic mass is 9.81.